The first kappa shape index (κ1) is 11.1. The Bertz CT molecular complexity index is 105. The van der Waals surface area contributed by atoms with Crippen LogP contribution >= 0.6 is 0 Å². The molecule has 0 aliphatic carbocycles. The molecule has 0 unspecified atom stereocenters. The molecule has 1 atom stereocenters. The molecular weight excluding hydrogens is 131 g/mol. The molecule has 66 valence electrons. The monoisotopic (exact) mass is 154 g/mol. The molecule has 0 N–H and O–H groups in total. The molecule has 0 fully saturated rings. The van der Waals surface area contributed by atoms with E-state index in [0.29, 0.717) is 5.41 Å². The molecule has 11 heavy (non-hydrogen) atoms. The van der Waals surface area contributed by atoms with E-state index < -0.39 is 0 Å². The molecule has 0 amide bonds. The molecule has 0 nitrogen and oxygen atoms in total. The van der Waals surface area contributed by atoms with Gasteiger partial charge in [-0.1, -0.05) is 52.8 Å². The van der Waals surface area contributed by atoms with Crippen LogP contribution in [0.2, 0.25) is 5.82 Å². The quantitative estimate of drug-likeness (QED) is 0.546. The van der Waals surface area contributed by atoms with Gasteiger partial charge >= 0.3 is 0 Å². The second kappa shape index (κ2) is 4.18. The number of rotatable bonds is 4. The van der Waals surface area contributed by atoms with Crippen molar-refractivity contribution < 1.29 is 0 Å². The lowest BCUT2D eigenvalue weighted by Gasteiger charge is -2.34. The third-order valence-electron chi connectivity index (χ3n) is 3.13. The predicted molar refractivity (Wildman–Crippen MR) is 55.8 cm³/mol. The van der Waals surface area contributed by atoms with Gasteiger partial charge in [0.15, 0.2) is 0 Å². The summed E-state index contributed by atoms with van der Waals surface area (Å²) in [7, 11) is 2.38. The van der Waals surface area contributed by atoms with E-state index >= 15 is 0 Å². The zero-order chi connectivity index (χ0) is 9.07. The Balaban J connectivity index is 4.05. The van der Waals surface area contributed by atoms with Crippen LogP contribution in [0.1, 0.15) is 47.5 Å². The zero-order valence-corrected chi connectivity index (χ0v) is 9.07. The summed E-state index contributed by atoms with van der Waals surface area (Å²) in [6, 6.07) is 0. The average Bonchev–Trinajstić information content (AvgIpc) is 1.86. The largest absolute Gasteiger partial charge is 0.106 e. The molecule has 0 spiro atoms. The highest BCUT2D eigenvalue weighted by Crippen LogP contribution is 2.38. The molecule has 0 rings (SSSR count). The highest BCUT2D eigenvalue weighted by atomic mass is 14.3. The third-order valence-corrected chi connectivity index (χ3v) is 3.13. The van der Waals surface area contributed by atoms with E-state index in [2.05, 4.69) is 42.5 Å². The Morgan fingerprint density at radius 1 is 1.27 bits per heavy atom. The maximum absolute atomic E-state index is 2.39. The number of hydrogen-bond donors (Lipinski definition) is 0. The van der Waals surface area contributed by atoms with Crippen molar-refractivity contribution in [2.75, 3.05) is 0 Å². The predicted octanol–water partition coefficient (Wildman–Crippen LogP) is 2.89. The molecule has 0 aromatic heterocycles. The van der Waals surface area contributed by atoms with Gasteiger partial charge in [0.25, 0.3) is 0 Å². The van der Waals surface area contributed by atoms with Crippen molar-refractivity contribution in [2.45, 2.75) is 53.3 Å². The van der Waals surface area contributed by atoms with Crippen molar-refractivity contribution in [3.63, 3.8) is 0 Å². The Morgan fingerprint density at radius 2 is 1.73 bits per heavy atom. The van der Waals surface area contributed by atoms with E-state index in [1.165, 1.54) is 12.8 Å². The SMILES string of the molecule is B[C@H](C(C)C)C(C)(C)CCC. The number of hydrogen-bond acceptors (Lipinski definition) is 0. The lowest BCUT2D eigenvalue weighted by molar-refractivity contribution is 0.265. The lowest BCUT2D eigenvalue weighted by Crippen LogP contribution is -2.23. The van der Waals surface area contributed by atoms with E-state index in [4.69, 9.17) is 0 Å². The lowest BCUT2D eigenvalue weighted by atomic mass is 9.60. The summed E-state index contributed by atoms with van der Waals surface area (Å²) in [5.74, 6) is 1.65. The fourth-order valence-corrected chi connectivity index (χ4v) is 1.77. The van der Waals surface area contributed by atoms with Gasteiger partial charge in [-0.15, -0.1) is 0 Å². The third kappa shape index (κ3) is 3.31. The van der Waals surface area contributed by atoms with Crippen molar-refractivity contribution in [3.8, 4) is 0 Å². The van der Waals surface area contributed by atoms with Gasteiger partial charge in [-0.2, -0.15) is 0 Å². The highest BCUT2D eigenvalue weighted by Gasteiger charge is 2.26. The van der Waals surface area contributed by atoms with E-state index in [-0.39, 0.29) is 0 Å². The molecule has 0 aromatic rings. The van der Waals surface area contributed by atoms with Crippen LogP contribution in [0.5, 0.6) is 0 Å². The van der Waals surface area contributed by atoms with Crippen LogP contribution < -0.4 is 0 Å². The maximum atomic E-state index is 2.39. The summed E-state index contributed by atoms with van der Waals surface area (Å²) in [5, 5.41) is 0. The normalized spacial score (nSPS) is 15.5. The second-order valence-electron chi connectivity index (χ2n) is 4.77. The summed E-state index contributed by atoms with van der Waals surface area (Å²) in [6.45, 7) is 11.7. The molecule has 0 saturated carbocycles. The highest BCUT2D eigenvalue weighted by molar-refractivity contribution is 6.12. The van der Waals surface area contributed by atoms with Crippen molar-refractivity contribution >= 4 is 7.85 Å². The Morgan fingerprint density at radius 3 is 2.00 bits per heavy atom. The van der Waals surface area contributed by atoms with Crippen LogP contribution in [0.25, 0.3) is 0 Å². The standard InChI is InChI=1S/C10H23B/c1-6-7-10(4,5)9(11)8(2)3/h8-9H,6-7,11H2,1-5H3/t9-/m1/s1. The van der Waals surface area contributed by atoms with Crippen LogP contribution in [0, 0.1) is 11.3 Å². The van der Waals surface area contributed by atoms with Gasteiger partial charge in [0.2, 0.25) is 0 Å². The van der Waals surface area contributed by atoms with E-state index in [0.717, 1.165) is 11.7 Å². The first-order valence-electron chi connectivity index (χ1n) is 4.91. The topological polar surface area (TPSA) is 0 Å². The van der Waals surface area contributed by atoms with Crippen LogP contribution in [0.3, 0.4) is 0 Å². The smallest absolute Gasteiger partial charge is 0.0654 e. The summed E-state index contributed by atoms with van der Waals surface area (Å²) in [6.07, 6.45) is 2.66. The van der Waals surface area contributed by atoms with Gasteiger partial charge in [0, 0.05) is 0 Å². The summed E-state index contributed by atoms with van der Waals surface area (Å²) in [5.41, 5.74) is 0.531. The summed E-state index contributed by atoms with van der Waals surface area (Å²) >= 11 is 0. The molecule has 0 aliphatic rings. The molecule has 0 heterocycles. The Hall–Kier alpha value is 0.0649. The minimum Gasteiger partial charge on any atom is -0.0654 e. The first-order chi connectivity index (χ1) is 4.91. The van der Waals surface area contributed by atoms with E-state index in [1.807, 2.05) is 0 Å². The van der Waals surface area contributed by atoms with Gasteiger partial charge in [-0.25, -0.2) is 0 Å². The molecule has 0 aliphatic heterocycles. The molecule has 0 aromatic carbocycles. The van der Waals surface area contributed by atoms with Crippen molar-refractivity contribution in [2.24, 2.45) is 11.3 Å². The molecular formula is C10H23B. The molecule has 0 radical (unpaired) electrons. The van der Waals surface area contributed by atoms with Crippen LogP contribution in [0.4, 0.5) is 0 Å². The van der Waals surface area contributed by atoms with Gasteiger partial charge in [-0.3, -0.25) is 0 Å². The van der Waals surface area contributed by atoms with Crippen molar-refractivity contribution in [3.05, 3.63) is 0 Å². The average molecular weight is 154 g/mol. The fraction of sp³-hybridized carbons (Fsp3) is 1.00. The van der Waals surface area contributed by atoms with Gasteiger partial charge in [-0.05, 0) is 11.8 Å². The Labute approximate surface area is 73.2 Å². The van der Waals surface area contributed by atoms with Gasteiger partial charge in [0.05, 0.1) is 0 Å². The fourth-order valence-electron chi connectivity index (χ4n) is 1.77. The minimum absolute atomic E-state index is 0.531. The molecule has 0 saturated heterocycles. The summed E-state index contributed by atoms with van der Waals surface area (Å²) in [4.78, 5) is 0. The van der Waals surface area contributed by atoms with Gasteiger partial charge in [0.1, 0.15) is 7.85 Å². The van der Waals surface area contributed by atoms with Crippen molar-refractivity contribution in [1.29, 1.82) is 0 Å². The van der Waals surface area contributed by atoms with Crippen LogP contribution in [-0.4, -0.2) is 7.85 Å². The van der Waals surface area contributed by atoms with Gasteiger partial charge < -0.3 is 0 Å². The maximum Gasteiger partial charge on any atom is 0.106 e. The molecule has 1 heteroatoms. The van der Waals surface area contributed by atoms with Crippen molar-refractivity contribution in [1.82, 2.24) is 0 Å². The second-order valence-corrected chi connectivity index (χ2v) is 4.77. The van der Waals surface area contributed by atoms with Crippen LogP contribution in [-0.2, 0) is 0 Å². The van der Waals surface area contributed by atoms with Crippen LogP contribution in [0.15, 0.2) is 0 Å². The minimum atomic E-state index is 0.531. The summed E-state index contributed by atoms with van der Waals surface area (Å²) < 4.78 is 0. The Kier molecular flexibility index (Phi) is 4.21. The first-order valence-corrected chi connectivity index (χ1v) is 4.91. The van der Waals surface area contributed by atoms with E-state index in [1.54, 1.807) is 0 Å². The molecule has 0 bridgehead atoms. The zero-order valence-electron chi connectivity index (χ0n) is 9.07. The van der Waals surface area contributed by atoms with E-state index in [9.17, 15) is 0 Å².